The molecule has 0 spiro atoms. The van der Waals surface area contributed by atoms with Crippen molar-refractivity contribution in [3.8, 4) is 0 Å². The van der Waals surface area contributed by atoms with E-state index >= 15 is 0 Å². The zero-order valence-electron chi connectivity index (χ0n) is 16.2. The van der Waals surface area contributed by atoms with Crippen LogP contribution in [0.25, 0.3) is 0 Å². The molecule has 0 aliphatic rings. The first-order valence-corrected chi connectivity index (χ1v) is 9.37. The summed E-state index contributed by atoms with van der Waals surface area (Å²) in [6.45, 7) is -1.31. The molecule has 1 N–H and O–H groups in total. The number of Topliss-reactive ketones (excluding diaryl/α,β-unsaturated/α-hetero) is 1. The van der Waals surface area contributed by atoms with Crippen LogP contribution in [0, 0.1) is 0 Å². The molecule has 0 saturated heterocycles. The number of carbonyl (C=O) groups is 3. The van der Waals surface area contributed by atoms with Crippen LogP contribution in [0.3, 0.4) is 0 Å². The highest BCUT2D eigenvalue weighted by Gasteiger charge is 2.70. The number of halogens is 10. The monoisotopic (exact) mass is 546 g/mol. The molecule has 20 heteroatoms. The van der Waals surface area contributed by atoms with E-state index in [9.17, 15) is 66.7 Å². The van der Waals surface area contributed by atoms with Gasteiger partial charge in [0.25, 0.3) is 0 Å². The van der Waals surface area contributed by atoms with Crippen LogP contribution in [0.2, 0.25) is 0 Å². The second kappa shape index (κ2) is 10.0. The van der Waals surface area contributed by atoms with Crippen molar-refractivity contribution in [2.24, 2.45) is 0 Å². The molecular weight excluding hydrogens is 534 g/mol. The van der Waals surface area contributed by atoms with Gasteiger partial charge < -0.3 is 14.2 Å². The normalized spacial score (nSPS) is 15.3. The number of ether oxygens (including phenoxy) is 3. The molecule has 1 unspecified atom stereocenters. The number of hydrogen-bond donors (Lipinski definition) is 1. The molecule has 0 aliphatic carbocycles. The predicted molar refractivity (Wildman–Crippen MR) is 83.7 cm³/mol. The van der Waals surface area contributed by atoms with Gasteiger partial charge in [0.15, 0.2) is 5.78 Å². The van der Waals surface area contributed by atoms with Crippen LogP contribution >= 0.6 is 0 Å². The Morgan fingerprint density at radius 3 is 1.76 bits per heavy atom. The fourth-order valence-electron chi connectivity index (χ4n) is 1.61. The smallest absolute Gasteiger partial charge is 0.453 e. The van der Waals surface area contributed by atoms with Gasteiger partial charge in [0, 0.05) is 6.42 Å². The van der Waals surface area contributed by atoms with Crippen LogP contribution in [0.5, 0.6) is 0 Å². The van der Waals surface area contributed by atoms with Gasteiger partial charge in [-0.05, 0) is 6.92 Å². The Morgan fingerprint density at radius 2 is 1.41 bits per heavy atom. The maximum absolute atomic E-state index is 13.5. The number of carbonyl (C=O) groups excluding carboxylic acids is 3. The van der Waals surface area contributed by atoms with Gasteiger partial charge in [-0.15, -0.1) is 0 Å². The summed E-state index contributed by atoms with van der Waals surface area (Å²) in [4.78, 5) is 34.1. The Balaban J connectivity index is 6.28. The van der Waals surface area contributed by atoms with E-state index in [2.05, 4.69) is 20.8 Å². The molecule has 0 aromatic carbocycles. The van der Waals surface area contributed by atoms with E-state index in [1.807, 2.05) is 0 Å². The van der Waals surface area contributed by atoms with Crippen molar-refractivity contribution in [1.29, 1.82) is 0 Å². The number of ketones is 1. The summed E-state index contributed by atoms with van der Waals surface area (Å²) in [5.74, 6) is -18.5. The summed E-state index contributed by atoms with van der Waals surface area (Å²) in [7, 11) is -6.85. The fraction of sp³-hybridized carbons (Fsp3) is 0.643. The van der Waals surface area contributed by atoms with Crippen molar-refractivity contribution >= 4 is 27.8 Å². The quantitative estimate of drug-likeness (QED) is 0.137. The highest BCUT2D eigenvalue weighted by Crippen LogP contribution is 2.43. The largest absolute Gasteiger partial charge is 0.468 e. The molecule has 0 aliphatic heterocycles. The van der Waals surface area contributed by atoms with Crippen molar-refractivity contribution in [3.63, 3.8) is 0 Å². The Hall–Kier alpha value is -2.48. The van der Waals surface area contributed by atoms with Crippen LogP contribution in [-0.4, -0.2) is 73.2 Å². The van der Waals surface area contributed by atoms with Crippen molar-refractivity contribution in [1.82, 2.24) is 0 Å². The third-order valence-corrected chi connectivity index (χ3v) is 4.29. The predicted octanol–water partition coefficient (Wildman–Crippen LogP) is 2.56. The third kappa shape index (κ3) is 7.01. The third-order valence-electron chi connectivity index (χ3n) is 3.34. The molecule has 0 aromatic rings. The van der Waals surface area contributed by atoms with Crippen LogP contribution in [-0.2, 0) is 38.7 Å². The molecule has 1 atom stereocenters. The molecule has 0 saturated carbocycles. The molecule has 198 valence electrons. The Kier molecular flexibility index (Phi) is 9.29. The highest BCUT2D eigenvalue weighted by atomic mass is 32.2. The fourth-order valence-corrected chi connectivity index (χ4v) is 2.09. The van der Waals surface area contributed by atoms with Crippen molar-refractivity contribution in [2.45, 2.75) is 42.7 Å². The van der Waals surface area contributed by atoms with E-state index in [-0.39, 0.29) is 0 Å². The van der Waals surface area contributed by atoms with Gasteiger partial charge >= 0.3 is 51.4 Å². The first-order chi connectivity index (χ1) is 14.8. The lowest BCUT2D eigenvalue weighted by Crippen LogP contribution is -2.59. The standard InChI is InChI=1S/C14H12F10O9S/c1-6(25)5-31-9(27)11(13(20,21)22,33-8(26)7(2)12(17,18)19)32-4-3-10(15,16)14(23,24)34(28,29)30/h2-5H2,1H3,(H,28,29,30). The first-order valence-electron chi connectivity index (χ1n) is 7.93. The van der Waals surface area contributed by atoms with Crippen LogP contribution in [0.15, 0.2) is 12.2 Å². The molecule has 34 heavy (non-hydrogen) atoms. The SMILES string of the molecule is C=C(C(=O)OC(OCCC(F)(F)C(F)(F)S(=O)(=O)O)(C(=O)OCC(C)=O)C(F)(F)F)C(F)(F)F. The zero-order valence-corrected chi connectivity index (χ0v) is 17.0. The van der Waals surface area contributed by atoms with E-state index < -0.39 is 82.4 Å². The zero-order chi connectivity index (χ0) is 27.6. The minimum Gasteiger partial charge on any atom is -0.453 e. The van der Waals surface area contributed by atoms with Crippen LogP contribution < -0.4 is 0 Å². The summed E-state index contributed by atoms with van der Waals surface area (Å²) in [6.07, 6.45) is -14.9. The van der Waals surface area contributed by atoms with E-state index in [0.29, 0.717) is 6.92 Å². The second-order valence-electron chi connectivity index (χ2n) is 6.05. The van der Waals surface area contributed by atoms with E-state index in [4.69, 9.17) is 4.55 Å². The minimum atomic E-state index is -6.85. The van der Waals surface area contributed by atoms with E-state index in [0.717, 1.165) is 0 Å². The molecule has 0 radical (unpaired) electrons. The van der Waals surface area contributed by atoms with E-state index in [1.165, 1.54) is 0 Å². The minimum absolute atomic E-state index is 0.624. The molecular formula is C14H12F10O9S. The van der Waals surface area contributed by atoms with Crippen LogP contribution in [0.4, 0.5) is 43.9 Å². The molecule has 0 amide bonds. The topological polar surface area (TPSA) is 133 Å². The van der Waals surface area contributed by atoms with Gasteiger partial charge in [0.1, 0.15) is 12.2 Å². The van der Waals surface area contributed by atoms with Gasteiger partial charge in [-0.25, -0.2) is 9.59 Å². The molecule has 0 bridgehead atoms. The summed E-state index contributed by atoms with van der Waals surface area (Å²) in [5.41, 5.74) is -2.67. The second-order valence-corrected chi connectivity index (χ2v) is 7.52. The Bertz CT molecular complexity index is 923. The highest BCUT2D eigenvalue weighted by molar-refractivity contribution is 7.87. The summed E-state index contributed by atoms with van der Waals surface area (Å²) in [5, 5.41) is -6.30. The lowest BCUT2D eigenvalue weighted by atomic mass is 10.2. The van der Waals surface area contributed by atoms with Crippen molar-refractivity contribution < 1.29 is 85.5 Å². The van der Waals surface area contributed by atoms with Gasteiger partial charge in [0.2, 0.25) is 0 Å². The number of esters is 2. The van der Waals surface area contributed by atoms with Gasteiger partial charge in [0.05, 0.1) is 6.61 Å². The van der Waals surface area contributed by atoms with Gasteiger partial charge in [-0.3, -0.25) is 9.35 Å². The molecule has 0 rings (SSSR count). The Labute approximate surface area is 182 Å². The average Bonchev–Trinajstić information content (AvgIpc) is 2.61. The average molecular weight is 546 g/mol. The van der Waals surface area contributed by atoms with Gasteiger partial charge in [-0.1, -0.05) is 6.58 Å². The molecule has 0 heterocycles. The number of alkyl halides is 10. The van der Waals surface area contributed by atoms with Crippen molar-refractivity contribution in [3.05, 3.63) is 12.2 Å². The lowest BCUT2D eigenvalue weighted by Gasteiger charge is -2.33. The lowest BCUT2D eigenvalue weighted by molar-refractivity contribution is -0.357. The summed E-state index contributed by atoms with van der Waals surface area (Å²) >= 11 is 0. The Morgan fingerprint density at radius 1 is 0.941 bits per heavy atom. The summed E-state index contributed by atoms with van der Waals surface area (Å²) in [6, 6.07) is 0. The summed E-state index contributed by atoms with van der Waals surface area (Å²) < 4.78 is 171. The number of rotatable bonds is 11. The van der Waals surface area contributed by atoms with Gasteiger partial charge in [-0.2, -0.15) is 52.3 Å². The molecule has 0 fully saturated rings. The van der Waals surface area contributed by atoms with Crippen molar-refractivity contribution in [2.75, 3.05) is 13.2 Å². The number of hydrogen-bond acceptors (Lipinski definition) is 8. The van der Waals surface area contributed by atoms with E-state index in [1.54, 1.807) is 0 Å². The molecule has 0 aromatic heterocycles. The maximum atomic E-state index is 13.5. The van der Waals surface area contributed by atoms with Crippen LogP contribution in [0.1, 0.15) is 13.3 Å². The first kappa shape index (κ1) is 31.5. The maximum Gasteiger partial charge on any atom is 0.468 e. The molecule has 9 nitrogen and oxygen atoms in total.